The smallest absolute Gasteiger partial charge is 0.0614 e. The molecule has 0 fully saturated rings. The molecule has 0 aromatic rings. The van der Waals surface area contributed by atoms with E-state index in [4.69, 9.17) is 0 Å². The summed E-state index contributed by atoms with van der Waals surface area (Å²) in [6.07, 6.45) is 1.22. The maximum absolute atomic E-state index is 4.58. The maximum atomic E-state index is 4.58. The van der Waals surface area contributed by atoms with Gasteiger partial charge in [0, 0.05) is 6.54 Å². The van der Waals surface area contributed by atoms with Gasteiger partial charge in [-0.1, -0.05) is 32.5 Å². The van der Waals surface area contributed by atoms with Crippen molar-refractivity contribution in [3.63, 3.8) is 0 Å². The van der Waals surface area contributed by atoms with Crippen LogP contribution in [0.15, 0.2) is 0 Å². The average Bonchev–Trinajstić information content (AvgIpc) is 1.83. The standard InChI is InChI=1S/C6H13NS/c1-3-6(2)4-7-5-8/h5-6H,3-4H2,1-2H3,(H,7,8). The van der Waals surface area contributed by atoms with Crippen LogP contribution >= 0.6 is 12.2 Å². The summed E-state index contributed by atoms with van der Waals surface area (Å²) >= 11 is 4.58. The van der Waals surface area contributed by atoms with Crippen LogP contribution in [0.5, 0.6) is 0 Å². The first kappa shape index (κ1) is 7.89. The molecule has 0 heterocycles. The zero-order valence-corrected chi connectivity index (χ0v) is 6.29. The predicted octanol–water partition coefficient (Wildman–Crippen LogP) is 1.58. The number of rotatable bonds is 4. The van der Waals surface area contributed by atoms with E-state index in [0.717, 1.165) is 12.5 Å². The van der Waals surface area contributed by atoms with Crippen molar-refractivity contribution >= 4 is 17.7 Å². The number of hydrogen-bond acceptors (Lipinski definition) is 1. The Balaban J connectivity index is 2.97. The van der Waals surface area contributed by atoms with E-state index in [1.807, 2.05) is 0 Å². The van der Waals surface area contributed by atoms with E-state index in [-0.39, 0.29) is 0 Å². The zero-order valence-electron chi connectivity index (χ0n) is 5.48. The van der Waals surface area contributed by atoms with Crippen molar-refractivity contribution in [2.45, 2.75) is 20.3 Å². The molecule has 0 bridgehead atoms. The summed E-state index contributed by atoms with van der Waals surface area (Å²) in [7, 11) is 0. The van der Waals surface area contributed by atoms with Gasteiger partial charge in [0.2, 0.25) is 0 Å². The first-order valence-electron chi connectivity index (χ1n) is 2.98. The Bertz CT molecular complexity index is 63.5. The Morgan fingerprint density at radius 1 is 1.75 bits per heavy atom. The fourth-order valence-electron chi connectivity index (χ4n) is 0.394. The normalized spacial score (nSPS) is 12.8. The lowest BCUT2D eigenvalue weighted by atomic mass is 10.1. The highest BCUT2D eigenvalue weighted by atomic mass is 32.1. The van der Waals surface area contributed by atoms with Gasteiger partial charge in [-0.2, -0.15) is 0 Å². The summed E-state index contributed by atoms with van der Waals surface area (Å²) < 4.78 is 0. The minimum absolute atomic E-state index is 0.745. The molecule has 0 aliphatic carbocycles. The van der Waals surface area contributed by atoms with Gasteiger partial charge in [0.25, 0.3) is 0 Å². The van der Waals surface area contributed by atoms with Gasteiger partial charge in [0.1, 0.15) is 0 Å². The van der Waals surface area contributed by atoms with E-state index in [2.05, 4.69) is 31.4 Å². The second-order valence-corrected chi connectivity index (χ2v) is 2.28. The van der Waals surface area contributed by atoms with Crippen molar-refractivity contribution < 1.29 is 0 Å². The Morgan fingerprint density at radius 2 is 2.38 bits per heavy atom. The van der Waals surface area contributed by atoms with Gasteiger partial charge in [-0.25, -0.2) is 0 Å². The lowest BCUT2D eigenvalue weighted by molar-refractivity contribution is 0.553. The van der Waals surface area contributed by atoms with Gasteiger partial charge in [0.05, 0.1) is 5.49 Å². The fourth-order valence-corrected chi connectivity index (χ4v) is 0.490. The Labute approximate surface area is 56.5 Å². The van der Waals surface area contributed by atoms with Crippen LogP contribution in [0, 0.1) is 5.92 Å². The van der Waals surface area contributed by atoms with Gasteiger partial charge < -0.3 is 5.32 Å². The van der Waals surface area contributed by atoms with Crippen LogP contribution in [-0.4, -0.2) is 12.0 Å². The molecule has 0 amide bonds. The van der Waals surface area contributed by atoms with Crippen LogP contribution in [-0.2, 0) is 0 Å². The molecule has 0 aliphatic rings. The maximum Gasteiger partial charge on any atom is 0.0614 e. The third-order valence-corrected chi connectivity index (χ3v) is 1.41. The van der Waals surface area contributed by atoms with Crippen LogP contribution in [0.2, 0.25) is 0 Å². The van der Waals surface area contributed by atoms with E-state index in [1.165, 1.54) is 6.42 Å². The number of thiocarbonyl (C=S) groups is 1. The molecular weight excluding hydrogens is 118 g/mol. The summed E-state index contributed by atoms with van der Waals surface area (Å²) in [5.41, 5.74) is 1.58. The fraction of sp³-hybridized carbons (Fsp3) is 0.833. The van der Waals surface area contributed by atoms with Crippen LogP contribution in [0.25, 0.3) is 0 Å². The van der Waals surface area contributed by atoms with Crippen molar-refractivity contribution in [2.24, 2.45) is 5.92 Å². The molecule has 1 unspecified atom stereocenters. The lowest BCUT2D eigenvalue weighted by Crippen LogP contribution is -2.17. The van der Waals surface area contributed by atoms with Gasteiger partial charge in [0.15, 0.2) is 0 Å². The molecule has 1 atom stereocenters. The molecule has 1 N–H and O–H groups in total. The molecule has 0 aromatic heterocycles. The van der Waals surface area contributed by atoms with Gasteiger partial charge >= 0.3 is 0 Å². The molecule has 1 nitrogen and oxygen atoms in total. The molecule has 48 valence electrons. The molecule has 0 saturated carbocycles. The summed E-state index contributed by atoms with van der Waals surface area (Å²) in [6, 6.07) is 0. The molecule has 0 spiro atoms. The van der Waals surface area contributed by atoms with Crippen molar-refractivity contribution in [1.82, 2.24) is 5.32 Å². The van der Waals surface area contributed by atoms with Crippen molar-refractivity contribution in [3.05, 3.63) is 0 Å². The summed E-state index contributed by atoms with van der Waals surface area (Å²) in [5, 5.41) is 2.99. The van der Waals surface area contributed by atoms with Gasteiger partial charge in [-0.15, -0.1) is 0 Å². The van der Waals surface area contributed by atoms with Gasteiger partial charge in [-0.05, 0) is 5.92 Å². The molecule has 0 radical (unpaired) electrons. The Kier molecular flexibility index (Phi) is 4.97. The van der Waals surface area contributed by atoms with Crippen LogP contribution in [0.3, 0.4) is 0 Å². The Hall–Kier alpha value is -0.110. The molecule has 8 heavy (non-hydrogen) atoms. The molecule has 0 aliphatic heterocycles. The lowest BCUT2D eigenvalue weighted by Gasteiger charge is -2.05. The summed E-state index contributed by atoms with van der Waals surface area (Å²) in [5.74, 6) is 0.745. The zero-order chi connectivity index (χ0) is 6.41. The van der Waals surface area contributed by atoms with E-state index < -0.39 is 0 Å². The molecule has 0 saturated heterocycles. The highest BCUT2D eigenvalue weighted by Gasteiger charge is 1.92. The highest BCUT2D eigenvalue weighted by Crippen LogP contribution is 1.95. The number of nitrogens with one attached hydrogen (secondary N) is 1. The molecular formula is C6H13NS. The third kappa shape index (κ3) is 4.06. The van der Waals surface area contributed by atoms with Crippen LogP contribution < -0.4 is 5.32 Å². The highest BCUT2D eigenvalue weighted by molar-refractivity contribution is 7.78. The quantitative estimate of drug-likeness (QED) is 0.581. The van der Waals surface area contributed by atoms with E-state index in [9.17, 15) is 0 Å². The third-order valence-electron chi connectivity index (χ3n) is 1.25. The monoisotopic (exact) mass is 131 g/mol. The Morgan fingerprint density at radius 3 is 2.75 bits per heavy atom. The average molecular weight is 131 g/mol. The SMILES string of the molecule is CCC(C)CNC=S. The molecule has 0 rings (SSSR count). The summed E-state index contributed by atoms with van der Waals surface area (Å²) in [4.78, 5) is 0. The van der Waals surface area contributed by atoms with E-state index >= 15 is 0 Å². The molecule has 2 heteroatoms. The second-order valence-electron chi connectivity index (χ2n) is 2.04. The largest absolute Gasteiger partial charge is 0.382 e. The minimum atomic E-state index is 0.745. The van der Waals surface area contributed by atoms with Crippen molar-refractivity contribution in [2.75, 3.05) is 6.54 Å². The molecule has 0 aromatic carbocycles. The van der Waals surface area contributed by atoms with Crippen LogP contribution in [0.1, 0.15) is 20.3 Å². The second kappa shape index (κ2) is 5.04. The predicted molar refractivity (Wildman–Crippen MR) is 41.1 cm³/mol. The van der Waals surface area contributed by atoms with Crippen molar-refractivity contribution in [3.8, 4) is 0 Å². The van der Waals surface area contributed by atoms with E-state index in [0.29, 0.717) is 0 Å². The van der Waals surface area contributed by atoms with Gasteiger partial charge in [-0.3, -0.25) is 0 Å². The van der Waals surface area contributed by atoms with E-state index in [1.54, 1.807) is 5.49 Å². The minimum Gasteiger partial charge on any atom is -0.382 e. The first-order chi connectivity index (χ1) is 3.81. The number of hydrogen-bond donors (Lipinski definition) is 1. The topological polar surface area (TPSA) is 12.0 Å². The van der Waals surface area contributed by atoms with Crippen molar-refractivity contribution in [1.29, 1.82) is 0 Å². The first-order valence-corrected chi connectivity index (χ1v) is 3.45. The summed E-state index contributed by atoms with van der Waals surface area (Å²) in [6.45, 7) is 5.39. The van der Waals surface area contributed by atoms with Crippen LogP contribution in [0.4, 0.5) is 0 Å².